The first kappa shape index (κ1) is 15.3. The average molecular weight is 282 g/mol. The lowest BCUT2D eigenvalue weighted by atomic mass is 10.0. The number of piperazine rings is 1. The van der Waals surface area contributed by atoms with Crippen molar-refractivity contribution in [1.29, 1.82) is 0 Å². The van der Waals surface area contributed by atoms with E-state index >= 15 is 0 Å². The zero-order valence-corrected chi connectivity index (χ0v) is 12.4. The second kappa shape index (κ2) is 7.59. The quantitative estimate of drug-likeness (QED) is 0.679. The SMILES string of the molecule is CCCN1CCC(NC(=O)C(=O)N2CCNCC2)CC1. The summed E-state index contributed by atoms with van der Waals surface area (Å²) in [4.78, 5) is 28.1. The summed E-state index contributed by atoms with van der Waals surface area (Å²) in [5.41, 5.74) is 0. The van der Waals surface area contributed by atoms with Crippen LogP contribution in [0.25, 0.3) is 0 Å². The summed E-state index contributed by atoms with van der Waals surface area (Å²) in [5.74, 6) is -0.802. The van der Waals surface area contributed by atoms with Crippen LogP contribution in [-0.4, -0.2) is 73.5 Å². The monoisotopic (exact) mass is 282 g/mol. The molecule has 2 rings (SSSR count). The molecule has 0 saturated carbocycles. The summed E-state index contributed by atoms with van der Waals surface area (Å²) in [6.07, 6.45) is 3.06. The number of likely N-dealkylation sites (tertiary alicyclic amines) is 1. The standard InChI is InChI=1S/C14H26N4O2/c1-2-7-17-8-3-12(4-9-17)16-13(19)14(20)18-10-5-15-6-11-18/h12,15H,2-11H2,1H3,(H,16,19). The van der Waals surface area contributed by atoms with Crippen LogP contribution in [0.2, 0.25) is 0 Å². The summed E-state index contributed by atoms with van der Waals surface area (Å²) in [6.45, 7) is 8.13. The fraction of sp³-hybridized carbons (Fsp3) is 0.857. The molecule has 2 amide bonds. The van der Waals surface area contributed by atoms with E-state index in [0.717, 1.165) is 45.6 Å². The highest BCUT2D eigenvalue weighted by atomic mass is 16.2. The molecule has 2 aliphatic heterocycles. The minimum atomic E-state index is -0.430. The van der Waals surface area contributed by atoms with Gasteiger partial charge in [-0.15, -0.1) is 0 Å². The van der Waals surface area contributed by atoms with E-state index in [1.165, 1.54) is 6.42 Å². The maximum Gasteiger partial charge on any atom is 0.311 e. The van der Waals surface area contributed by atoms with Crippen molar-refractivity contribution in [2.75, 3.05) is 45.8 Å². The molecular formula is C14H26N4O2. The van der Waals surface area contributed by atoms with Gasteiger partial charge < -0.3 is 20.4 Å². The average Bonchev–Trinajstić information content (AvgIpc) is 2.49. The summed E-state index contributed by atoms with van der Waals surface area (Å²) in [6, 6.07) is 0.155. The fourth-order valence-corrected chi connectivity index (χ4v) is 2.88. The van der Waals surface area contributed by atoms with E-state index in [1.807, 2.05) is 0 Å². The number of hydrogen-bond acceptors (Lipinski definition) is 4. The van der Waals surface area contributed by atoms with Crippen LogP contribution in [0, 0.1) is 0 Å². The third-order valence-corrected chi connectivity index (χ3v) is 4.06. The van der Waals surface area contributed by atoms with Crippen LogP contribution in [0.3, 0.4) is 0 Å². The first-order valence-corrected chi connectivity index (χ1v) is 7.73. The Hall–Kier alpha value is -1.14. The van der Waals surface area contributed by atoms with Gasteiger partial charge in [0.1, 0.15) is 0 Å². The van der Waals surface area contributed by atoms with E-state index in [0.29, 0.717) is 13.1 Å². The molecule has 0 atom stereocenters. The third-order valence-electron chi connectivity index (χ3n) is 4.06. The number of hydrogen-bond donors (Lipinski definition) is 2. The highest BCUT2D eigenvalue weighted by Gasteiger charge is 2.26. The van der Waals surface area contributed by atoms with Crippen LogP contribution in [-0.2, 0) is 9.59 Å². The zero-order valence-electron chi connectivity index (χ0n) is 12.4. The molecule has 20 heavy (non-hydrogen) atoms. The van der Waals surface area contributed by atoms with Gasteiger partial charge in [-0.1, -0.05) is 6.92 Å². The first-order valence-electron chi connectivity index (χ1n) is 7.73. The van der Waals surface area contributed by atoms with Crippen LogP contribution >= 0.6 is 0 Å². The molecule has 0 aromatic carbocycles. The molecule has 0 bridgehead atoms. The lowest BCUT2D eigenvalue weighted by Gasteiger charge is -2.32. The lowest BCUT2D eigenvalue weighted by Crippen LogP contribution is -2.53. The fourth-order valence-electron chi connectivity index (χ4n) is 2.88. The van der Waals surface area contributed by atoms with Crippen LogP contribution in [0.4, 0.5) is 0 Å². The minimum Gasteiger partial charge on any atom is -0.345 e. The number of amides is 2. The second-order valence-electron chi connectivity index (χ2n) is 5.63. The van der Waals surface area contributed by atoms with E-state index in [1.54, 1.807) is 4.90 Å². The van der Waals surface area contributed by atoms with Crippen molar-refractivity contribution in [3.05, 3.63) is 0 Å². The Balaban J connectivity index is 1.73. The molecule has 2 aliphatic rings. The molecule has 0 aromatic rings. The summed E-state index contributed by atoms with van der Waals surface area (Å²) < 4.78 is 0. The Morgan fingerprint density at radius 2 is 1.80 bits per heavy atom. The third kappa shape index (κ3) is 4.18. The smallest absolute Gasteiger partial charge is 0.311 e. The molecule has 0 spiro atoms. The Labute approximate surface area is 120 Å². The molecule has 2 heterocycles. The van der Waals surface area contributed by atoms with E-state index in [9.17, 15) is 9.59 Å². The molecule has 2 fully saturated rings. The number of carbonyl (C=O) groups is 2. The van der Waals surface area contributed by atoms with E-state index < -0.39 is 5.91 Å². The van der Waals surface area contributed by atoms with Gasteiger partial charge in [0.15, 0.2) is 0 Å². The number of nitrogens with one attached hydrogen (secondary N) is 2. The number of carbonyl (C=O) groups excluding carboxylic acids is 2. The van der Waals surface area contributed by atoms with E-state index in [-0.39, 0.29) is 11.9 Å². The Kier molecular flexibility index (Phi) is 5.79. The largest absolute Gasteiger partial charge is 0.345 e. The van der Waals surface area contributed by atoms with Gasteiger partial charge in [0.2, 0.25) is 0 Å². The molecular weight excluding hydrogens is 256 g/mol. The van der Waals surface area contributed by atoms with Crippen LogP contribution < -0.4 is 10.6 Å². The molecule has 6 heteroatoms. The molecule has 2 N–H and O–H groups in total. The first-order chi connectivity index (χ1) is 9.70. The van der Waals surface area contributed by atoms with Crippen LogP contribution in [0.15, 0.2) is 0 Å². The van der Waals surface area contributed by atoms with Gasteiger partial charge in [0.25, 0.3) is 0 Å². The maximum atomic E-state index is 12.0. The Bertz CT molecular complexity index is 334. The van der Waals surface area contributed by atoms with Crippen LogP contribution in [0.1, 0.15) is 26.2 Å². The molecule has 6 nitrogen and oxygen atoms in total. The molecule has 2 saturated heterocycles. The number of piperidine rings is 1. The minimum absolute atomic E-state index is 0.155. The van der Waals surface area contributed by atoms with Gasteiger partial charge in [0, 0.05) is 45.3 Å². The molecule has 114 valence electrons. The number of nitrogens with zero attached hydrogens (tertiary/aromatic N) is 2. The van der Waals surface area contributed by atoms with Crippen molar-refractivity contribution in [2.45, 2.75) is 32.2 Å². The summed E-state index contributed by atoms with van der Waals surface area (Å²) >= 11 is 0. The maximum absolute atomic E-state index is 12.0. The summed E-state index contributed by atoms with van der Waals surface area (Å²) in [7, 11) is 0. The van der Waals surface area contributed by atoms with Gasteiger partial charge >= 0.3 is 11.8 Å². The van der Waals surface area contributed by atoms with Gasteiger partial charge in [-0.3, -0.25) is 9.59 Å². The van der Waals surface area contributed by atoms with Crippen molar-refractivity contribution in [1.82, 2.24) is 20.4 Å². The highest BCUT2D eigenvalue weighted by Crippen LogP contribution is 2.10. The van der Waals surface area contributed by atoms with Gasteiger partial charge in [-0.05, 0) is 25.8 Å². The molecule has 0 unspecified atom stereocenters. The molecule has 0 aliphatic carbocycles. The van der Waals surface area contributed by atoms with Crippen molar-refractivity contribution >= 4 is 11.8 Å². The number of rotatable bonds is 3. The normalized spacial score (nSPS) is 21.8. The Morgan fingerprint density at radius 1 is 1.15 bits per heavy atom. The van der Waals surface area contributed by atoms with Crippen molar-refractivity contribution in [3.63, 3.8) is 0 Å². The lowest BCUT2D eigenvalue weighted by molar-refractivity contribution is -0.146. The molecule has 0 aromatic heterocycles. The van der Waals surface area contributed by atoms with E-state index in [4.69, 9.17) is 0 Å². The van der Waals surface area contributed by atoms with Gasteiger partial charge in [-0.25, -0.2) is 0 Å². The van der Waals surface area contributed by atoms with Crippen molar-refractivity contribution in [2.24, 2.45) is 0 Å². The topological polar surface area (TPSA) is 64.7 Å². The predicted octanol–water partition coefficient (Wildman–Crippen LogP) is -0.591. The van der Waals surface area contributed by atoms with Gasteiger partial charge in [-0.2, -0.15) is 0 Å². The molecule has 0 radical (unpaired) electrons. The van der Waals surface area contributed by atoms with E-state index in [2.05, 4.69) is 22.5 Å². The van der Waals surface area contributed by atoms with Crippen molar-refractivity contribution < 1.29 is 9.59 Å². The van der Waals surface area contributed by atoms with Crippen LogP contribution in [0.5, 0.6) is 0 Å². The Morgan fingerprint density at radius 3 is 2.40 bits per heavy atom. The predicted molar refractivity (Wildman–Crippen MR) is 77.3 cm³/mol. The zero-order chi connectivity index (χ0) is 14.4. The second-order valence-corrected chi connectivity index (χ2v) is 5.63. The highest BCUT2D eigenvalue weighted by molar-refractivity contribution is 6.35. The van der Waals surface area contributed by atoms with Crippen molar-refractivity contribution in [3.8, 4) is 0 Å². The van der Waals surface area contributed by atoms with Gasteiger partial charge in [0.05, 0.1) is 0 Å². The summed E-state index contributed by atoms with van der Waals surface area (Å²) in [5, 5.41) is 6.08.